The number of benzene rings is 3. The molecule has 4 rings (SSSR count). The van der Waals surface area contributed by atoms with Crippen LogP contribution < -0.4 is 4.74 Å². The molecule has 0 aromatic heterocycles. The number of nitrogens with zero attached hydrogens (tertiary/aromatic N) is 2. The van der Waals surface area contributed by atoms with Gasteiger partial charge >= 0.3 is 0 Å². The molecule has 1 aliphatic rings. The van der Waals surface area contributed by atoms with Crippen LogP contribution >= 0.6 is 0 Å². The first-order chi connectivity index (χ1) is 15.6. The first kappa shape index (κ1) is 22.5. The van der Waals surface area contributed by atoms with E-state index in [4.69, 9.17) is 4.74 Å². The van der Waals surface area contributed by atoms with Crippen molar-refractivity contribution >= 4 is 0 Å². The van der Waals surface area contributed by atoms with Crippen LogP contribution in [0.2, 0.25) is 0 Å². The molecule has 0 saturated carbocycles. The van der Waals surface area contributed by atoms with Crippen molar-refractivity contribution in [2.75, 3.05) is 39.3 Å². The van der Waals surface area contributed by atoms with E-state index in [0.29, 0.717) is 13.2 Å². The lowest BCUT2D eigenvalue weighted by atomic mass is 9.96. The van der Waals surface area contributed by atoms with Gasteiger partial charge in [-0.1, -0.05) is 66.7 Å². The molecule has 32 heavy (non-hydrogen) atoms. The second-order valence-corrected chi connectivity index (χ2v) is 8.85. The highest BCUT2D eigenvalue weighted by Crippen LogP contribution is 2.29. The molecular formula is C28H34N2O2. The van der Waals surface area contributed by atoms with Gasteiger partial charge in [-0.15, -0.1) is 0 Å². The van der Waals surface area contributed by atoms with Crippen molar-refractivity contribution in [2.24, 2.45) is 0 Å². The number of ether oxygens (including phenoxy) is 1. The van der Waals surface area contributed by atoms with Gasteiger partial charge in [-0.05, 0) is 48.2 Å². The molecule has 0 spiro atoms. The smallest absolute Gasteiger partial charge is 0.119 e. The van der Waals surface area contributed by atoms with E-state index in [1.165, 1.54) is 22.3 Å². The molecule has 168 valence electrons. The normalized spacial score (nSPS) is 16.2. The maximum Gasteiger partial charge on any atom is 0.119 e. The largest absolute Gasteiger partial charge is 0.491 e. The van der Waals surface area contributed by atoms with Gasteiger partial charge in [-0.25, -0.2) is 0 Å². The highest BCUT2D eigenvalue weighted by Gasteiger charge is 2.27. The Morgan fingerprint density at radius 2 is 1.31 bits per heavy atom. The monoisotopic (exact) mass is 430 g/mol. The summed E-state index contributed by atoms with van der Waals surface area (Å²) < 4.78 is 5.86. The van der Waals surface area contributed by atoms with Crippen molar-refractivity contribution in [1.29, 1.82) is 0 Å². The number of rotatable bonds is 8. The highest BCUT2D eigenvalue weighted by atomic mass is 16.5. The van der Waals surface area contributed by atoms with E-state index in [-0.39, 0.29) is 6.04 Å². The summed E-state index contributed by atoms with van der Waals surface area (Å²) in [6, 6.07) is 27.9. The SMILES string of the molecule is Cc1cc(C)cc(OC[C@@H](O)CN2CCN(C(c3ccccc3)c3ccccc3)CC2)c1. The Morgan fingerprint density at radius 3 is 1.84 bits per heavy atom. The first-order valence-electron chi connectivity index (χ1n) is 11.5. The lowest BCUT2D eigenvalue weighted by Gasteiger charge is -2.40. The zero-order valence-corrected chi connectivity index (χ0v) is 19.2. The van der Waals surface area contributed by atoms with E-state index in [9.17, 15) is 5.11 Å². The van der Waals surface area contributed by atoms with Crippen LogP contribution in [0.3, 0.4) is 0 Å². The summed E-state index contributed by atoms with van der Waals surface area (Å²) >= 11 is 0. The van der Waals surface area contributed by atoms with Crippen LogP contribution in [0.5, 0.6) is 5.75 Å². The summed E-state index contributed by atoms with van der Waals surface area (Å²) in [7, 11) is 0. The Labute approximate surface area is 192 Å². The minimum Gasteiger partial charge on any atom is -0.491 e. The summed E-state index contributed by atoms with van der Waals surface area (Å²) in [5.74, 6) is 0.833. The topological polar surface area (TPSA) is 35.9 Å². The van der Waals surface area contributed by atoms with Crippen LogP contribution in [-0.2, 0) is 0 Å². The molecule has 1 saturated heterocycles. The Morgan fingerprint density at radius 1 is 0.781 bits per heavy atom. The predicted molar refractivity (Wildman–Crippen MR) is 130 cm³/mol. The quantitative estimate of drug-likeness (QED) is 0.573. The van der Waals surface area contributed by atoms with Gasteiger partial charge in [-0.3, -0.25) is 9.80 Å². The molecule has 0 bridgehead atoms. The minimum atomic E-state index is -0.499. The Bertz CT molecular complexity index is 909. The summed E-state index contributed by atoms with van der Waals surface area (Å²) in [4.78, 5) is 4.90. The minimum absolute atomic E-state index is 0.261. The second-order valence-electron chi connectivity index (χ2n) is 8.85. The summed E-state index contributed by atoms with van der Waals surface area (Å²) in [5.41, 5.74) is 5.01. The molecule has 1 aliphatic heterocycles. The first-order valence-corrected chi connectivity index (χ1v) is 11.5. The second kappa shape index (κ2) is 10.8. The highest BCUT2D eigenvalue weighted by molar-refractivity contribution is 5.33. The van der Waals surface area contributed by atoms with Crippen molar-refractivity contribution in [3.8, 4) is 5.75 Å². The number of β-amino-alcohol motifs (C(OH)–C–C–N with tert-alkyl or cyclic N) is 1. The fraction of sp³-hybridized carbons (Fsp3) is 0.357. The van der Waals surface area contributed by atoms with E-state index in [1.54, 1.807) is 0 Å². The van der Waals surface area contributed by atoms with Crippen molar-refractivity contribution in [3.05, 3.63) is 101 Å². The molecule has 1 atom stereocenters. The van der Waals surface area contributed by atoms with Crippen LogP contribution in [0, 0.1) is 13.8 Å². The molecule has 0 unspecified atom stereocenters. The molecular weight excluding hydrogens is 396 g/mol. The van der Waals surface area contributed by atoms with Crippen LogP contribution in [0.25, 0.3) is 0 Å². The predicted octanol–water partition coefficient (Wildman–Crippen LogP) is 4.45. The van der Waals surface area contributed by atoms with E-state index in [1.807, 2.05) is 12.1 Å². The van der Waals surface area contributed by atoms with Gasteiger partial charge in [0.25, 0.3) is 0 Å². The molecule has 4 nitrogen and oxygen atoms in total. The Hall–Kier alpha value is -2.66. The number of hydrogen-bond acceptors (Lipinski definition) is 4. The maximum atomic E-state index is 10.6. The third-order valence-corrected chi connectivity index (χ3v) is 6.11. The van der Waals surface area contributed by atoms with Crippen LogP contribution in [0.1, 0.15) is 28.3 Å². The van der Waals surface area contributed by atoms with Crippen molar-refractivity contribution < 1.29 is 9.84 Å². The number of aliphatic hydroxyl groups is 1. The third kappa shape index (κ3) is 5.98. The van der Waals surface area contributed by atoms with Crippen LogP contribution in [0.4, 0.5) is 0 Å². The Kier molecular flexibility index (Phi) is 7.59. The van der Waals surface area contributed by atoms with Gasteiger partial charge in [0.15, 0.2) is 0 Å². The molecule has 3 aromatic carbocycles. The lowest BCUT2D eigenvalue weighted by molar-refractivity contribution is 0.0400. The molecule has 4 heteroatoms. The van der Waals surface area contributed by atoms with Crippen molar-refractivity contribution in [1.82, 2.24) is 9.80 Å². The number of piperazine rings is 1. The van der Waals surface area contributed by atoms with Crippen molar-refractivity contribution in [2.45, 2.75) is 26.0 Å². The van der Waals surface area contributed by atoms with Gasteiger partial charge in [0.1, 0.15) is 18.5 Å². The maximum absolute atomic E-state index is 10.6. The van der Waals surface area contributed by atoms with Gasteiger partial charge in [0, 0.05) is 32.7 Å². The number of aliphatic hydroxyl groups excluding tert-OH is 1. The molecule has 0 radical (unpaired) electrons. The number of aryl methyl sites for hydroxylation is 2. The Balaban J connectivity index is 1.32. The molecule has 3 aromatic rings. The van der Waals surface area contributed by atoms with Crippen molar-refractivity contribution in [3.63, 3.8) is 0 Å². The van der Waals surface area contributed by atoms with E-state index in [0.717, 1.165) is 31.9 Å². The van der Waals surface area contributed by atoms with Crippen LogP contribution in [0.15, 0.2) is 78.9 Å². The standard InChI is InChI=1S/C28H34N2O2/c1-22-17-23(2)19-27(18-22)32-21-26(31)20-29-13-15-30(16-14-29)28(24-9-5-3-6-10-24)25-11-7-4-8-12-25/h3-12,17-19,26,28,31H,13-16,20-21H2,1-2H3/t26-/m0/s1. The van der Waals surface area contributed by atoms with E-state index >= 15 is 0 Å². The summed E-state index contributed by atoms with van der Waals surface area (Å²) in [5, 5.41) is 10.6. The fourth-order valence-electron chi connectivity index (χ4n) is 4.65. The lowest BCUT2D eigenvalue weighted by Crippen LogP contribution is -2.50. The molecule has 0 aliphatic carbocycles. The molecule has 1 fully saturated rings. The third-order valence-electron chi connectivity index (χ3n) is 6.11. The summed E-state index contributed by atoms with van der Waals surface area (Å²) in [6.07, 6.45) is -0.499. The zero-order chi connectivity index (χ0) is 22.3. The van der Waals surface area contributed by atoms with Crippen LogP contribution in [-0.4, -0.2) is 60.3 Å². The molecule has 1 heterocycles. The van der Waals surface area contributed by atoms with Gasteiger partial charge in [0.05, 0.1) is 6.04 Å². The van der Waals surface area contributed by atoms with Gasteiger partial charge < -0.3 is 9.84 Å². The average molecular weight is 431 g/mol. The zero-order valence-electron chi connectivity index (χ0n) is 19.2. The average Bonchev–Trinajstić information content (AvgIpc) is 2.80. The fourth-order valence-corrected chi connectivity index (χ4v) is 4.65. The van der Waals surface area contributed by atoms with Gasteiger partial charge in [-0.2, -0.15) is 0 Å². The van der Waals surface area contributed by atoms with E-state index < -0.39 is 6.10 Å². The molecule has 1 N–H and O–H groups in total. The van der Waals surface area contributed by atoms with E-state index in [2.05, 4.69) is 90.4 Å². The summed E-state index contributed by atoms with van der Waals surface area (Å²) in [6.45, 7) is 8.91. The van der Waals surface area contributed by atoms with Gasteiger partial charge in [0.2, 0.25) is 0 Å². The number of hydrogen-bond donors (Lipinski definition) is 1. The molecule has 0 amide bonds.